The fraction of sp³-hybridized carbons (Fsp3) is 0.429. The summed E-state index contributed by atoms with van der Waals surface area (Å²) in [6.07, 6.45) is -1.04. The highest BCUT2D eigenvalue weighted by molar-refractivity contribution is 5.93. The molecule has 0 aliphatic carbocycles. The molecule has 2 aromatic heterocycles. The summed E-state index contributed by atoms with van der Waals surface area (Å²) in [4.78, 5) is 8.20. The van der Waals surface area contributed by atoms with Crippen molar-refractivity contribution < 1.29 is 8.78 Å². The highest BCUT2D eigenvalue weighted by atomic mass is 19.3. The van der Waals surface area contributed by atoms with E-state index in [1.54, 1.807) is 19.3 Å². The van der Waals surface area contributed by atoms with Gasteiger partial charge in [-0.2, -0.15) is 0 Å². The first-order chi connectivity index (χ1) is 9.30. The van der Waals surface area contributed by atoms with Crippen LogP contribution in [0.3, 0.4) is 0 Å². The van der Waals surface area contributed by atoms with E-state index in [0.29, 0.717) is 17.0 Å². The summed E-state index contributed by atoms with van der Waals surface area (Å²) in [7, 11) is 1.76. The van der Waals surface area contributed by atoms with Crippen LogP contribution in [0.2, 0.25) is 0 Å². The van der Waals surface area contributed by atoms with Crippen molar-refractivity contribution in [2.75, 3.05) is 17.7 Å². The molecule has 0 spiro atoms. The second-order valence-corrected chi connectivity index (χ2v) is 5.61. The number of nitrogens with zero attached hydrogens (tertiary/aromatic N) is 2. The van der Waals surface area contributed by atoms with Gasteiger partial charge in [-0.25, -0.2) is 18.7 Å². The minimum absolute atomic E-state index is 0.247. The van der Waals surface area contributed by atoms with Gasteiger partial charge in [-0.15, -0.1) is 0 Å². The van der Waals surface area contributed by atoms with E-state index in [-0.39, 0.29) is 11.2 Å². The van der Waals surface area contributed by atoms with Crippen LogP contribution >= 0.6 is 0 Å². The molecule has 2 aromatic rings. The Balaban J connectivity index is 2.65. The van der Waals surface area contributed by atoms with Crippen molar-refractivity contribution in [3.63, 3.8) is 0 Å². The minimum atomic E-state index is -2.61. The summed E-state index contributed by atoms with van der Waals surface area (Å²) in [6.45, 7) is 5.86. The quantitative estimate of drug-likeness (QED) is 0.897. The first-order valence-electron chi connectivity index (χ1n) is 6.35. The summed E-state index contributed by atoms with van der Waals surface area (Å²) in [5.74, 6) is 1.12. The number of hydrogen-bond donors (Lipinski definition) is 2. The molecular weight excluding hydrogens is 262 g/mol. The van der Waals surface area contributed by atoms with Crippen LogP contribution in [-0.2, 0) is 0 Å². The molecule has 0 aliphatic heterocycles. The van der Waals surface area contributed by atoms with E-state index in [9.17, 15) is 8.78 Å². The van der Waals surface area contributed by atoms with Gasteiger partial charge >= 0.3 is 0 Å². The number of anilines is 2. The lowest BCUT2D eigenvalue weighted by Gasteiger charge is -2.23. The molecule has 0 saturated heterocycles. The minimum Gasteiger partial charge on any atom is -0.373 e. The van der Waals surface area contributed by atoms with Crippen LogP contribution in [0.1, 0.15) is 32.9 Å². The molecule has 0 bridgehead atoms. The Morgan fingerprint density at radius 2 is 1.90 bits per heavy atom. The Hall–Kier alpha value is -1.98. The van der Waals surface area contributed by atoms with Gasteiger partial charge in [0.15, 0.2) is 0 Å². The number of hydrogen-bond acceptors (Lipinski definition) is 4. The second kappa shape index (κ2) is 5.19. The first-order valence-corrected chi connectivity index (χ1v) is 6.35. The Labute approximate surface area is 116 Å². The van der Waals surface area contributed by atoms with Gasteiger partial charge in [0, 0.05) is 29.6 Å². The molecule has 2 heterocycles. The van der Waals surface area contributed by atoms with Crippen LogP contribution in [0.5, 0.6) is 0 Å². The number of alkyl halides is 2. The number of aromatic nitrogens is 2. The predicted molar refractivity (Wildman–Crippen MR) is 77.4 cm³/mol. The maximum atomic E-state index is 12.9. The van der Waals surface area contributed by atoms with Gasteiger partial charge in [0.25, 0.3) is 6.43 Å². The monoisotopic (exact) mass is 280 g/mol. The molecular formula is C14H18F2N4. The van der Waals surface area contributed by atoms with Crippen LogP contribution in [-0.4, -0.2) is 22.6 Å². The Kier molecular flexibility index (Phi) is 3.74. The molecule has 4 nitrogen and oxygen atoms in total. The topological polar surface area (TPSA) is 49.8 Å². The Morgan fingerprint density at radius 3 is 2.45 bits per heavy atom. The number of nitrogens with one attached hydrogen (secondary N) is 2. The van der Waals surface area contributed by atoms with Gasteiger partial charge in [-0.3, -0.25) is 0 Å². The average Bonchev–Trinajstić information content (AvgIpc) is 2.36. The van der Waals surface area contributed by atoms with E-state index < -0.39 is 6.43 Å². The number of rotatable bonds is 3. The Bertz CT molecular complexity index is 620. The van der Waals surface area contributed by atoms with Crippen molar-refractivity contribution >= 4 is 22.4 Å². The molecule has 0 amide bonds. The smallest absolute Gasteiger partial charge is 0.280 e. The van der Waals surface area contributed by atoms with Crippen molar-refractivity contribution in [2.45, 2.75) is 32.7 Å². The fourth-order valence-corrected chi connectivity index (χ4v) is 1.87. The normalized spacial score (nSPS) is 11.9. The zero-order valence-corrected chi connectivity index (χ0v) is 12.0. The average molecular weight is 280 g/mol. The van der Waals surface area contributed by atoms with Gasteiger partial charge in [0.05, 0.1) is 0 Å². The van der Waals surface area contributed by atoms with E-state index in [4.69, 9.17) is 0 Å². The molecule has 0 fully saturated rings. The van der Waals surface area contributed by atoms with Crippen LogP contribution in [0.25, 0.3) is 10.8 Å². The lowest BCUT2D eigenvalue weighted by atomic mass is 10.1. The van der Waals surface area contributed by atoms with Crippen molar-refractivity contribution in [3.8, 4) is 0 Å². The number of fused-ring (bicyclic) bond motifs is 1. The summed E-state index contributed by atoms with van der Waals surface area (Å²) in [6, 6.07) is 3.17. The molecule has 0 aliphatic rings. The summed E-state index contributed by atoms with van der Waals surface area (Å²) in [5, 5.41) is 7.51. The Morgan fingerprint density at radius 1 is 1.20 bits per heavy atom. The van der Waals surface area contributed by atoms with Gasteiger partial charge < -0.3 is 10.6 Å². The van der Waals surface area contributed by atoms with Crippen LogP contribution in [0.15, 0.2) is 18.3 Å². The third-order valence-corrected chi connectivity index (χ3v) is 2.71. The van der Waals surface area contributed by atoms with E-state index in [2.05, 4.69) is 20.6 Å². The molecule has 6 heteroatoms. The van der Waals surface area contributed by atoms with Crippen LogP contribution < -0.4 is 10.6 Å². The third-order valence-electron chi connectivity index (χ3n) is 2.71. The molecule has 2 N–H and O–H groups in total. The van der Waals surface area contributed by atoms with Gasteiger partial charge in [-0.05, 0) is 32.9 Å². The van der Waals surface area contributed by atoms with E-state index >= 15 is 0 Å². The fourth-order valence-electron chi connectivity index (χ4n) is 1.87. The molecule has 108 valence electrons. The highest BCUT2D eigenvalue weighted by Crippen LogP contribution is 2.29. The third kappa shape index (κ3) is 3.12. The van der Waals surface area contributed by atoms with Crippen molar-refractivity contribution in [1.82, 2.24) is 9.97 Å². The van der Waals surface area contributed by atoms with Gasteiger partial charge in [0.1, 0.15) is 17.3 Å². The van der Waals surface area contributed by atoms with Crippen molar-refractivity contribution in [1.29, 1.82) is 0 Å². The molecule has 0 saturated carbocycles. The van der Waals surface area contributed by atoms with Crippen LogP contribution in [0, 0.1) is 0 Å². The standard InChI is InChI=1S/C14H18F2N4/c1-14(2,3)20-13-9-6-11(17-4)18-7-8(9)5-10(19-13)12(15)16/h5-7,12H,1-4H3,(H,17,18)(H,19,20). The number of pyridine rings is 2. The van der Waals surface area contributed by atoms with Gasteiger partial charge in [-0.1, -0.05) is 0 Å². The molecule has 0 atom stereocenters. The van der Waals surface area contributed by atoms with Gasteiger partial charge in [0.2, 0.25) is 0 Å². The van der Waals surface area contributed by atoms with E-state index in [1.807, 2.05) is 20.8 Å². The lowest BCUT2D eigenvalue weighted by Crippen LogP contribution is -2.27. The maximum absolute atomic E-state index is 12.9. The highest BCUT2D eigenvalue weighted by Gasteiger charge is 2.17. The zero-order chi connectivity index (χ0) is 14.9. The largest absolute Gasteiger partial charge is 0.373 e. The molecule has 0 radical (unpaired) electrons. The van der Waals surface area contributed by atoms with E-state index in [1.165, 1.54) is 6.07 Å². The summed E-state index contributed by atoms with van der Waals surface area (Å²) in [5.41, 5.74) is -0.521. The maximum Gasteiger partial charge on any atom is 0.280 e. The van der Waals surface area contributed by atoms with Crippen molar-refractivity contribution in [3.05, 3.63) is 24.0 Å². The lowest BCUT2D eigenvalue weighted by molar-refractivity contribution is 0.146. The van der Waals surface area contributed by atoms with Crippen LogP contribution in [0.4, 0.5) is 20.4 Å². The first kappa shape index (κ1) is 14.4. The molecule has 0 unspecified atom stereocenters. The second-order valence-electron chi connectivity index (χ2n) is 5.61. The zero-order valence-electron chi connectivity index (χ0n) is 12.0. The number of halogens is 2. The van der Waals surface area contributed by atoms with E-state index in [0.717, 1.165) is 5.39 Å². The SMILES string of the molecule is CNc1cc2c(NC(C)(C)C)nc(C(F)F)cc2cn1. The summed E-state index contributed by atoms with van der Waals surface area (Å²) >= 11 is 0. The molecule has 0 aromatic carbocycles. The predicted octanol–water partition coefficient (Wildman–Crippen LogP) is 3.82. The molecule has 20 heavy (non-hydrogen) atoms. The molecule has 2 rings (SSSR count). The summed E-state index contributed by atoms with van der Waals surface area (Å²) < 4.78 is 25.9. The van der Waals surface area contributed by atoms with Crippen molar-refractivity contribution in [2.24, 2.45) is 0 Å².